The van der Waals surface area contributed by atoms with Crippen molar-refractivity contribution < 1.29 is 14.6 Å². The van der Waals surface area contributed by atoms with Crippen molar-refractivity contribution in [3.8, 4) is 5.75 Å². The Kier molecular flexibility index (Phi) is 4.27. The normalized spacial score (nSPS) is 23.5. The van der Waals surface area contributed by atoms with Gasteiger partial charge >= 0.3 is 5.97 Å². The van der Waals surface area contributed by atoms with E-state index in [-0.39, 0.29) is 5.41 Å². The van der Waals surface area contributed by atoms with Crippen molar-refractivity contribution in [1.29, 1.82) is 0 Å². The van der Waals surface area contributed by atoms with Gasteiger partial charge in [-0.25, -0.2) is 4.79 Å². The zero-order chi connectivity index (χ0) is 19.3. The summed E-state index contributed by atoms with van der Waals surface area (Å²) in [6.07, 6.45) is 5.84. The third-order valence-corrected chi connectivity index (χ3v) is 6.99. The Hall–Kier alpha value is -2.20. The maximum Gasteiger partial charge on any atom is 0.335 e. The van der Waals surface area contributed by atoms with Crippen molar-refractivity contribution in [3.05, 3.63) is 58.1 Å². The standard InChI is InChI=1S/C23H24ClNO3/c24-18-5-6-19-16(10-18)8-9-23(19)13-25(12-15-2-1-3-15)20-11-17(22(26)27)4-7-21(20)28-14-23/h4-7,10-11,15H,1-3,8-9,12-14H2,(H,26,27)/t23-/m0/s1. The zero-order valence-electron chi connectivity index (χ0n) is 15.8. The topological polar surface area (TPSA) is 49.8 Å². The number of nitrogens with zero attached hydrogens (tertiary/aromatic N) is 1. The van der Waals surface area contributed by atoms with Crippen molar-refractivity contribution in [2.45, 2.75) is 37.5 Å². The van der Waals surface area contributed by atoms with Gasteiger partial charge in [-0.2, -0.15) is 0 Å². The lowest BCUT2D eigenvalue weighted by Gasteiger charge is -2.38. The number of fused-ring (bicyclic) bond motifs is 3. The Morgan fingerprint density at radius 2 is 2.11 bits per heavy atom. The minimum absolute atomic E-state index is 0.0773. The van der Waals surface area contributed by atoms with Crippen LogP contribution in [0.1, 0.15) is 47.2 Å². The van der Waals surface area contributed by atoms with Crippen LogP contribution in [-0.2, 0) is 11.8 Å². The van der Waals surface area contributed by atoms with Crippen LogP contribution in [-0.4, -0.2) is 30.8 Å². The van der Waals surface area contributed by atoms with E-state index in [2.05, 4.69) is 17.0 Å². The number of ether oxygens (including phenoxy) is 1. The number of carboxylic acid groups (broad SMARTS) is 1. The van der Waals surface area contributed by atoms with Gasteiger partial charge in [0.05, 0.1) is 17.9 Å². The molecule has 0 bridgehead atoms. The number of hydrogen-bond donors (Lipinski definition) is 1. The third-order valence-electron chi connectivity index (χ3n) is 6.76. The lowest BCUT2D eigenvalue weighted by molar-refractivity contribution is 0.0697. The van der Waals surface area contributed by atoms with E-state index in [1.165, 1.54) is 30.4 Å². The second-order valence-electron chi connectivity index (χ2n) is 8.54. The largest absolute Gasteiger partial charge is 0.490 e. The molecule has 2 aromatic rings. The van der Waals surface area contributed by atoms with Crippen molar-refractivity contribution in [2.24, 2.45) is 5.92 Å². The molecule has 2 aromatic carbocycles. The second kappa shape index (κ2) is 6.70. The van der Waals surface area contributed by atoms with E-state index < -0.39 is 5.97 Å². The second-order valence-corrected chi connectivity index (χ2v) is 8.97. The number of carbonyl (C=O) groups is 1. The quantitative estimate of drug-likeness (QED) is 0.798. The molecule has 4 nitrogen and oxygen atoms in total. The van der Waals surface area contributed by atoms with Crippen LogP contribution in [0, 0.1) is 5.92 Å². The van der Waals surface area contributed by atoms with Crippen LogP contribution in [0.3, 0.4) is 0 Å². The van der Waals surface area contributed by atoms with Crippen LogP contribution >= 0.6 is 11.6 Å². The van der Waals surface area contributed by atoms with Gasteiger partial charge in [0.1, 0.15) is 5.75 Å². The fourth-order valence-electron chi connectivity index (χ4n) is 4.99. The molecule has 0 amide bonds. The molecule has 28 heavy (non-hydrogen) atoms. The van der Waals surface area contributed by atoms with Gasteiger partial charge in [0.25, 0.3) is 0 Å². The SMILES string of the molecule is O=C(O)c1ccc2c(c1)N(CC1CCC1)C[C@@]1(CCc3cc(Cl)ccc31)CO2. The van der Waals surface area contributed by atoms with Gasteiger partial charge in [-0.15, -0.1) is 0 Å². The van der Waals surface area contributed by atoms with Gasteiger partial charge in [-0.1, -0.05) is 24.1 Å². The minimum atomic E-state index is -0.897. The van der Waals surface area contributed by atoms with E-state index in [0.717, 1.165) is 42.4 Å². The van der Waals surface area contributed by atoms with E-state index in [0.29, 0.717) is 18.1 Å². The van der Waals surface area contributed by atoms with Gasteiger partial charge in [0, 0.05) is 23.5 Å². The van der Waals surface area contributed by atoms with Crippen molar-refractivity contribution >= 4 is 23.3 Å². The summed E-state index contributed by atoms with van der Waals surface area (Å²) >= 11 is 6.23. The molecule has 1 spiro atoms. The summed E-state index contributed by atoms with van der Waals surface area (Å²) in [6, 6.07) is 11.5. The molecule has 1 fully saturated rings. The van der Waals surface area contributed by atoms with Gasteiger partial charge in [0.2, 0.25) is 0 Å². The molecule has 1 aliphatic heterocycles. The van der Waals surface area contributed by atoms with Crippen LogP contribution in [0.25, 0.3) is 0 Å². The van der Waals surface area contributed by atoms with Gasteiger partial charge in [-0.3, -0.25) is 0 Å². The summed E-state index contributed by atoms with van der Waals surface area (Å²) in [4.78, 5) is 13.9. The number of halogens is 1. The minimum Gasteiger partial charge on any atom is -0.490 e. The molecule has 3 aliphatic rings. The molecule has 5 heteroatoms. The number of hydrogen-bond acceptors (Lipinski definition) is 3. The molecule has 5 rings (SSSR count). The molecule has 1 heterocycles. The summed E-state index contributed by atoms with van der Waals surface area (Å²) in [5, 5.41) is 10.3. The van der Waals surface area contributed by atoms with Crippen molar-refractivity contribution in [3.63, 3.8) is 0 Å². The first-order valence-electron chi connectivity index (χ1n) is 10.1. The van der Waals surface area contributed by atoms with Gasteiger partial charge < -0.3 is 14.7 Å². The first kappa shape index (κ1) is 17.9. The molecule has 1 atom stereocenters. The molecule has 2 aliphatic carbocycles. The van der Waals surface area contributed by atoms with Gasteiger partial charge in [-0.05, 0) is 73.1 Å². The first-order valence-corrected chi connectivity index (χ1v) is 10.5. The Morgan fingerprint density at radius 1 is 1.25 bits per heavy atom. The number of rotatable bonds is 3. The number of aryl methyl sites for hydroxylation is 1. The fourth-order valence-corrected chi connectivity index (χ4v) is 5.19. The van der Waals surface area contributed by atoms with E-state index in [9.17, 15) is 9.90 Å². The summed E-state index contributed by atoms with van der Waals surface area (Å²) < 4.78 is 6.30. The highest BCUT2D eigenvalue weighted by atomic mass is 35.5. The molecule has 0 unspecified atom stereocenters. The van der Waals surface area contributed by atoms with Crippen molar-refractivity contribution in [1.82, 2.24) is 0 Å². The molecule has 0 aromatic heterocycles. The highest BCUT2D eigenvalue weighted by Gasteiger charge is 2.43. The van der Waals surface area contributed by atoms with Gasteiger partial charge in [0.15, 0.2) is 0 Å². The van der Waals surface area contributed by atoms with E-state index in [1.54, 1.807) is 12.1 Å². The highest BCUT2D eigenvalue weighted by Crippen LogP contribution is 2.46. The number of benzene rings is 2. The molecule has 0 saturated heterocycles. The molecule has 1 N–H and O–H groups in total. The Balaban J connectivity index is 1.56. The van der Waals surface area contributed by atoms with E-state index in [4.69, 9.17) is 16.3 Å². The summed E-state index contributed by atoms with van der Waals surface area (Å²) in [6.45, 7) is 2.43. The number of carboxylic acids is 1. The highest BCUT2D eigenvalue weighted by molar-refractivity contribution is 6.30. The lowest BCUT2D eigenvalue weighted by Crippen LogP contribution is -2.44. The summed E-state index contributed by atoms with van der Waals surface area (Å²) in [5.41, 5.74) is 3.81. The molecular formula is C23H24ClNO3. The molecule has 1 saturated carbocycles. The third kappa shape index (κ3) is 2.95. The zero-order valence-corrected chi connectivity index (χ0v) is 16.5. The summed E-state index contributed by atoms with van der Waals surface area (Å²) in [5.74, 6) is 0.581. The predicted molar refractivity (Wildman–Crippen MR) is 110 cm³/mol. The van der Waals surface area contributed by atoms with Crippen molar-refractivity contribution in [2.75, 3.05) is 24.6 Å². The van der Waals surface area contributed by atoms with Crippen LogP contribution in [0.4, 0.5) is 5.69 Å². The van der Waals surface area contributed by atoms with Crippen LogP contribution < -0.4 is 9.64 Å². The molecule has 0 radical (unpaired) electrons. The van der Waals surface area contributed by atoms with E-state index >= 15 is 0 Å². The average Bonchev–Trinajstić information content (AvgIpc) is 2.90. The lowest BCUT2D eigenvalue weighted by atomic mass is 9.80. The molecular weight excluding hydrogens is 374 g/mol. The predicted octanol–water partition coefficient (Wildman–Crippen LogP) is 4.92. The summed E-state index contributed by atoms with van der Waals surface area (Å²) in [7, 11) is 0. The smallest absolute Gasteiger partial charge is 0.335 e. The fraction of sp³-hybridized carbons (Fsp3) is 0.435. The molecule has 146 valence electrons. The van der Waals surface area contributed by atoms with Crippen LogP contribution in [0.5, 0.6) is 5.75 Å². The maximum absolute atomic E-state index is 11.5. The Bertz CT molecular complexity index is 939. The van der Waals surface area contributed by atoms with E-state index in [1.807, 2.05) is 12.1 Å². The Labute approximate surface area is 170 Å². The Morgan fingerprint density at radius 3 is 2.86 bits per heavy atom. The monoisotopic (exact) mass is 397 g/mol. The number of aromatic carboxylic acids is 1. The van der Waals surface area contributed by atoms with Crippen LogP contribution in [0.15, 0.2) is 36.4 Å². The average molecular weight is 398 g/mol. The van der Waals surface area contributed by atoms with Crippen LogP contribution in [0.2, 0.25) is 5.02 Å². The maximum atomic E-state index is 11.5. The first-order chi connectivity index (χ1) is 13.5. The number of anilines is 1.